The molecule has 0 aliphatic rings. The molecule has 0 fully saturated rings. The minimum Gasteiger partial charge on any atom is -0.439 e. The topological polar surface area (TPSA) is 50.6 Å². The van der Waals surface area contributed by atoms with Crippen LogP contribution in [0.15, 0.2) is 34.5 Å². The Morgan fingerprint density at radius 1 is 1.21 bits per heavy atom. The summed E-state index contributed by atoms with van der Waals surface area (Å²) in [7, 11) is 0.968. The van der Waals surface area contributed by atoms with E-state index in [4.69, 9.17) is 4.74 Å². The molecule has 0 amide bonds. The fourth-order valence-electron chi connectivity index (χ4n) is 2.28. The van der Waals surface area contributed by atoms with Crippen LogP contribution in [0.3, 0.4) is 0 Å². The van der Waals surface area contributed by atoms with Crippen LogP contribution < -0.4 is 4.74 Å². The molecule has 1 aromatic carbocycles. The zero-order chi connectivity index (χ0) is 20.7. The zero-order valence-electron chi connectivity index (χ0n) is 18.1. The minimum atomic E-state index is -1.04. The van der Waals surface area contributed by atoms with Crippen LogP contribution in [0.1, 0.15) is 18.1 Å². The summed E-state index contributed by atoms with van der Waals surface area (Å²) in [6.45, 7) is 14.2. The van der Waals surface area contributed by atoms with Crippen molar-refractivity contribution in [1.29, 1.82) is 0 Å². The molecule has 0 radical (unpaired) electrons. The molecule has 152 valence electrons. The molecule has 0 bridgehead atoms. The predicted octanol–water partition coefficient (Wildman–Crippen LogP) is 5.93. The second-order valence-corrected chi connectivity index (χ2v) is 14.8. The van der Waals surface area contributed by atoms with Crippen LogP contribution in [0.5, 0.6) is 11.6 Å². The van der Waals surface area contributed by atoms with Crippen molar-refractivity contribution in [3.63, 3.8) is 0 Å². The molecule has 28 heavy (non-hydrogen) atoms. The van der Waals surface area contributed by atoms with E-state index in [0.717, 1.165) is 40.0 Å². The summed E-state index contributed by atoms with van der Waals surface area (Å²) >= 11 is 1.70. The molecule has 0 spiro atoms. The summed E-state index contributed by atoms with van der Waals surface area (Å²) in [4.78, 5) is 15.5. The number of hydrogen-bond donors (Lipinski definition) is 0. The van der Waals surface area contributed by atoms with E-state index in [2.05, 4.69) is 47.6 Å². The lowest BCUT2D eigenvalue weighted by Crippen LogP contribution is -2.19. The summed E-state index contributed by atoms with van der Waals surface area (Å²) in [6, 6.07) is 7.13. The van der Waals surface area contributed by atoms with E-state index < -0.39 is 8.07 Å². The van der Waals surface area contributed by atoms with Crippen molar-refractivity contribution < 1.29 is 4.74 Å². The number of hydrogen-bond acceptors (Lipinski definition) is 5. The van der Waals surface area contributed by atoms with Gasteiger partial charge in [-0.1, -0.05) is 31.4 Å². The summed E-state index contributed by atoms with van der Waals surface area (Å²) < 4.78 is 6.06. The van der Waals surface area contributed by atoms with Crippen LogP contribution in [0.25, 0.3) is 0 Å². The molecule has 5 nitrogen and oxygen atoms in total. The SMILES string of the molecule is CCN(C)C=Nc1cc(C)c(Oc2ccnc(SCC[Si](C)(C)C)n2)cc1C. The third kappa shape index (κ3) is 7.28. The molecule has 2 rings (SSSR count). The smallest absolute Gasteiger partial charge is 0.223 e. The highest BCUT2D eigenvalue weighted by atomic mass is 32.2. The lowest BCUT2D eigenvalue weighted by atomic mass is 10.1. The van der Waals surface area contributed by atoms with Gasteiger partial charge in [0.1, 0.15) is 5.75 Å². The van der Waals surface area contributed by atoms with Crippen LogP contribution >= 0.6 is 11.8 Å². The first-order chi connectivity index (χ1) is 13.2. The number of benzene rings is 1. The van der Waals surface area contributed by atoms with E-state index in [0.29, 0.717) is 5.88 Å². The van der Waals surface area contributed by atoms with E-state index >= 15 is 0 Å². The molecule has 0 N–H and O–H groups in total. The Balaban J connectivity index is 2.10. The summed E-state index contributed by atoms with van der Waals surface area (Å²) in [5, 5.41) is 0.772. The largest absolute Gasteiger partial charge is 0.439 e. The van der Waals surface area contributed by atoms with Gasteiger partial charge < -0.3 is 9.64 Å². The Morgan fingerprint density at radius 3 is 2.64 bits per heavy atom. The normalized spacial score (nSPS) is 11.8. The standard InChI is InChI=1S/C21H32N4OSSi/c1-8-25(4)15-23-18-13-17(3)19(14-16(18)2)26-20-9-10-22-21(24-20)27-11-12-28(5,6)7/h9-10,13-15H,8,11-12H2,1-7H3. The highest BCUT2D eigenvalue weighted by molar-refractivity contribution is 7.99. The van der Waals surface area contributed by atoms with Gasteiger partial charge in [0, 0.05) is 33.9 Å². The maximum Gasteiger partial charge on any atom is 0.223 e. The monoisotopic (exact) mass is 416 g/mol. The Hall–Kier alpha value is -1.86. The van der Waals surface area contributed by atoms with Crippen molar-refractivity contribution in [3.8, 4) is 11.6 Å². The second-order valence-electron chi connectivity index (χ2n) is 8.16. The Kier molecular flexibility index (Phi) is 8.06. The van der Waals surface area contributed by atoms with Gasteiger partial charge in [-0.15, -0.1) is 0 Å². The van der Waals surface area contributed by atoms with Crippen molar-refractivity contribution in [2.75, 3.05) is 19.3 Å². The molecule has 1 aromatic heterocycles. The van der Waals surface area contributed by atoms with Crippen molar-refractivity contribution in [2.24, 2.45) is 4.99 Å². The number of thioether (sulfide) groups is 1. The second kappa shape index (κ2) is 10.1. The van der Waals surface area contributed by atoms with Gasteiger partial charge in [0.2, 0.25) is 5.88 Å². The van der Waals surface area contributed by atoms with Gasteiger partial charge in [-0.2, -0.15) is 4.98 Å². The molecule has 7 heteroatoms. The van der Waals surface area contributed by atoms with E-state index in [1.54, 1.807) is 24.0 Å². The number of aryl methyl sites for hydroxylation is 2. The number of rotatable bonds is 9. The van der Waals surface area contributed by atoms with Gasteiger partial charge in [-0.05, 0) is 55.8 Å². The van der Waals surface area contributed by atoms with E-state index in [1.807, 2.05) is 38.2 Å². The lowest BCUT2D eigenvalue weighted by Gasteiger charge is -2.14. The molecule has 1 heterocycles. The number of nitrogens with zero attached hydrogens (tertiary/aromatic N) is 4. The van der Waals surface area contributed by atoms with Crippen LogP contribution in [-0.4, -0.2) is 48.6 Å². The molecule has 2 aromatic rings. The van der Waals surface area contributed by atoms with Crippen LogP contribution in [0.4, 0.5) is 5.69 Å². The van der Waals surface area contributed by atoms with Crippen molar-refractivity contribution in [3.05, 3.63) is 35.5 Å². The molecule has 0 aliphatic carbocycles. The molecule has 0 atom stereocenters. The molecule has 0 aliphatic heterocycles. The zero-order valence-corrected chi connectivity index (χ0v) is 19.9. The van der Waals surface area contributed by atoms with Gasteiger partial charge in [0.25, 0.3) is 0 Å². The Morgan fingerprint density at radius 2 is 1.96 bits per heavy atom. The van der Waals surface area contributed by atoms with Crippen LogP contribution in [0, 0.1) is 13.8 Å². The van der Waals surface area contributed by atoms with Crippen LogP contribution in [0.2, 0.25) is 25.7 Å². The molecular weight excluding hydrogens is 384 g/mol. The highest BCUT2D eigenvalue weighted by Gasteiger charge is 2.13. The van der Waals surface area contributed by atoms with E-state index in [9.17, 15) is 0 Å². The maximum absolute atomic E-state index is 6.06. The first kappa shape index (κ1) is 22.4. The van der Waals surface area contributed by atoms with E-state index in [1.165, 1.54) is 6.04 Å². The van der Waals surface area contributed by atoms with Crippen molar-refractivity contribution in [1.82, 2.24) is 14.9 Å². The Labute approximate surface area is 174 Å². The molecule has 0 unspecified atom stereocenters. The van der Waals surface area contributed by atoms with Gasteiger partial charge in [0.15, 0.2) is 5.16 Å². The number of ether oxygens (including phenoxy) is 1. The van der Waals surface area contributed by atoms with Gasteiger partial charge in [-0.3, -0.25) is 0 Å². The molecule has 0 saturated heterocycles. The third-order valence-electron chi connectivity index (χ3n) is 4.29. The average Bonchev–Trinajstić information content (AvgIpc) is 2.62. The third-order valence-corrected chi connectivity index (χ3v) is 7.27. The van der Waals surface area contributed by atoms with Crippen LogP contribution in [-0.2, 0) is 0 Å². The van der Waals surface area contributed by atoms with Gasteiger partial charge in [-0.25, -0.2) is 9.98 Å². The number of aromatic nitrogens is 2. The molecular formula is C21H32N4OSSi. The first-order valence-corrected chi connectivity index (χ1v) is 14.4. The van der Waals surface area contributed by atoms with E-state index in [-0.39, 0.29) is 0 Å². The average molecular weight is 417 g/mol. The summed E-state index contributed by atoms with van der Waals surface area (Å²) in [6.07, 6.45) is 3.62. The van der Waals surface area contributed by atoms with Crippen molar-refractivity contribution >= 4 is 31.9 Å². The molecule has 0 saturated carbocycles. The highest BCUT2D eigenvalue weighted by Crippen LogP contribution is 2.31. The van der Waals surface area contributed by atoms with Crippen molar-refractivity contribution in [2.45, 2.75) is 51.6 Å². The predicted molar refractivity (Wildman–Crippen MR) is 123 cm³/mol. The fraction of sp³-hybridized carbons (Fsp3) is 0.476. The lowest BCUT2D eigenvalue weighted by molar-refractivity contribution is 0.452. The van der Waals surface area contributed by atoms with Gasteiger partial charge in [0.05, 0.1) is 12.0 Å². The maximum atomic E-state index is 6.06. The summed E-state index contributed by atoms with van der Waals surface area (Å²) in [5.41, 5.74) is 3.05. The first-order valence-electron chi connectivity index (χ1n) is 9.67. The van der Waals surface area contributed by atoms with Gasteiger partial charge >= 0.3 is 0 Å². The fourth-order valence-corrected chi connectivity index (χ4v) is 5.61. The summed E-state index contributed by atoms with van der Waals surface area (Å²) in [5.74, 6) is 2.43. The number of aliphatic imine (C=N–C) groups is 1. The minimum absolute atomic E-state index is 0.579. The Bertz CT molecular complexity index is 821. The quantitative estimate of drug-likeness (QED) is 0.167.